The fourth-order valence-corrected chi connectivity index (χ4v) is 5.68. The third-order valence-corrected chi connectivity index (χ3v) is 7.04. The molecule has 1 atom stereocenters. The number of thiophene rings is 1. The molecule has 5 rings (SSSR count). The highest BCUT2D eigenvalue weighted by molar-refractivity contribution is 8.16. The number of anilines is 1. The number of carbonyl (C=O) groups is 1. The van der Waals surface area contributed by atoms with E-state index >= 15 is 0 Å². The summed E-state index contributed by atoms with van der Waals surface area (Å²) in [7, 11) is 0. The maximum Gasteiger partial charge on any atom is 0.280 e. The van der Waals surface area contributed by atoms with Crippen LogP contribution in [0.1, 0.15) is 54.7 Å². The molecule has 27 heavy (non-hydrogen) atoms. The molecule has 1 aliphatic carbocycles. The molecule has 1 saturated carbocycles. The van der Waals surface area contributed by atoms with Crippen molar-refractivity contribution >= 4 is 55.8 Å². The molecule has 140 valence electrons. The first-order valence-corrected chi connectivity index (χ1v) is 10.6. The van der Waals surface area contributed by atoms with Gasteiger partial charge >= 0.3 is 0 Å². The zero-order valence-electron chi connectivity index (χ0n) is 14.5. The van der Waals surface area contributed by atoms with Gasteiger partial charge in [0.1, 0.15) is 15.8 Å². The SMILES string of the molecule is CCCN=C1N=C2c3sc4nc(C(F)F)cc(C5CC5)c4c3NC(=O)C2S1. The molecule has 2 aromatic heterocycles. The van der Waals surface area contributed by atoms with Gasteiger partial charge in [0.05, 0.1) is 16.3 Å². The van der Waals surface area contributed by atoms with E-state index in [4.69, 9.17) is 0 Å². The number of amidine groups is 1. The predicted octanol–water partition coefficient (Wildman–Crippen LogP) is 4.73. The van der Waals surface area contributed by atoms with Gasteiger partial charge in [-0.05, 0) is 36.8 Å². The maximum absolute atomic E-state index is 13.3. The lowest BCUT2D eigenvalue weighted by molar-refractivity contribution is -0.114. The highest BCUT2D eigenvalue weighted by atomic mass is 32.2. The number of fused-ring (bicyclic) bond motifs is 5. The minimum Gasteiger partial charge on any atom is -0.323 e. The van der Waals surface area contributed by atoms with Crippen LogP contribution in [0.5, 0.6) is 0 Å². The molecule has 4 heterocycles. The number of thioether (sulfide) groups is 1. The van der Waals surface area contributed by atoms with Crippen LogP contribution in [0, 0.1) is 0 Å². The van der Waals surface area contributed by atoms with E-state index in [2.05, 4.69) is 20.3 Å². The van der Waals surface area contributed by atoms with Gasteiger partial charge in [-0.25, -0.2) is 18.8 Å². The van der Waals surface area contributed by atoms with E-state index in [1.165, 1.54) is 29.2 Å². The average Bonchev–Trinajstić information content (AvgIpc) is 3.29. The molecule has 1 N–H and O–H groups in total. The van der Waals surface area contributed by atoms with Crippen molar-refractivity contribution in [1.82, 2.24) is 4.98 Å². The summed E-state index contributed by atoms with van der Waals surface area (Å²) in [4.78, 5) is 27.2. The Morgan fingerprint density at radius 2 is 2.22 bits per heavy atom. The summed E-state index contributed by atoms with van der Waals surface area (Å²) in [6, 6.07) is 1.51. The van der Waals surface area contributed by atoms with Gasteiger partial charge in [0.25, 0.3) is 6.43 Å². The van der Waals surface area contributed by atoms with Crippen LogP contribution in [0.4, 0.5) is 14.5 Å². The van der Waals surface area contributed by atoms with Crippen molar-refractivity contribution in [1.29, 1.82) is 0 Å². The topological polar surface area (TPSA) is 66.7 Å². The van der Waals surface area contributed by atoms with E-state index in [0.29, 0.717) is 27.9 Å². The molecule has 1 amide bonds. The number of hydrogen-bond acceptors (Lipinski definition) is 5. The Kier molecular flexibility index (Phi) is 4.05. The minimum absolute atomic E-state index is 0.132. The average molecular weight is 406 g/mol. The molecule has 2 aromatic rings. The number of alkyl halides is 2. The van der Waals surface area contributed by atoms with Gasteiger partial charge in [-0.1, -0.05) is 18.7 Å². The van der Waals surface area contributed by atoms with E-state index in [0.717, 1.165) is 35.1 Å². The summed E-state index contributed by atoms with van der Waals surface area (Å²) in [5, 5.41) is 3.98. The number of hydrogen-bond donors (Lipinski definition) is 1. The lowest BCUT2D eigenvalue weighted by Gasteiger charge is -2.19. The van der Waals surface area contributed by atoms with E-state index in [9.17, 15) is 13.6 Å². The van der Waals surface area contributed by atoms with E-state index in [-0.39, 0.29) is 17.5 Å². The maximum atomic E-state index is 13.3. The first-order valence-electron chi connectivity index (χ1n) is 8.93. The van der Waals surface area contributed by atoms with Gasteiger partial charge in [0.15, 0.2) is 5.17 Å². The number of pyridine rings is 1. The zero-order chi connectivity index (χ0) is 18.7. The predicted molar refractivity (Wildman–Crippen MR) is 106 cm³/mol. The molecule has 1 fully saturated rings. The second kappa shape index (κ2) is 6.34. The van der Waals surface area contributed by atoms with Crippen LogP contribution >= 0.6 is 23.1 Å². The highest BCUT2D eigenvalue weighted by Gasteiger charge is 2.42. The molecule has 0 saturated heterocycles. The van der Waals surface area contributed by atoms with Crippen LogP contribution in [0.2, 0.25) is 0 Å². The second-order valence-electron chi connectivity index (χ2n) is 6.85. The van der Waals surface area contributed by atoms with E-state index in [1.54, 1.807) is 0 Å². The largest absolute Gasteiger partial charge is 0.323 e. The van der Waals surface area contributed by atoms with Crippen LogP contribution in [0.15, 0.2) is 16.1 Å². The Hall–Kier alpha value is -1.87. The lowest BCUT2D eigenvalue weighted by Crippen LogP contribution is -2.35. The smallest absolute Gasteiger partial charge is 0.280 e. The minimum atomic E-state index is -2.61. The Labute approximate surface area is 162 Å². The van der Waals surface area contributed by atoms with E-state index < -0.39 is 11.7 Å². The summed E-state index contributed by atoms with van der Waals surface area (Å²) < 4.78 is 26.6. The number of aromatic nitrogens is 1. The van der Waals surface area contributed by atoms with Gasteiger partial charge in [-0.2, -0.15) is 0 Å². The fraction of sp³-hybridized carbons (Fsp3) is 0.444. The highest BCUT2D eigenvalue weighted by Crippen LogP contribution is 2.50. The molecule has 0 bridgehead atoms. The van der Waals surface area contributed by atoms with Crippen molar-refractivity contribution in [2.75, 3.05) is 11.9 Å². The number of carbonyl (C=O) groups excluding carboxylic acids is 1. The van der Waals surface area contributed by atoms with Gasteiger partial charge in [0, 0.05) is 11.9 Å². The number of aliphatic imine (C=N–C) groups is 2. The number of amides is 1. The van der Waals surface area contributed by atoms with Crippen molar-refractivity contribution in [3.63, 3.8) is 0 Å². The van der Waals surface area contributed by atoms with Crippen LogP contribution in [0.25, 0.3) is 10.2 Å². The third kappa shape index (κ3) is 2.79. The van der Waals surface area contributed by atoms with Gasteiger partial charge in [-0.15, -0.1) is 11.3 Å². The molecule has 3 aliphatic rings. The standard InChI is InChI=1S/C18H16F2N4OS2/c1-2-5-21-18-24-12-13-11(23-16(25)14(12)27-18)10-8(7-3-4-7)6-9(15(19)20)22-17(10)26-13/h6-7,14-15H,2-5H2,1H3,(H,23,25). The molecule has 5 nitrogen and oxygen atoms in total. The summed E-state index contributed by atoms with van der Waals surface area (Å²) in [6.07, 6.45) is 0.257. The molecule has 0 aromatic carbocycles. The number of rotatable bonds is 4. The molecule has 2 aliphatic heterocycles. The van der Waals surface area contributed by atoms with Crippen LogP contribution in [0.3, 0.4) is 0 Å². The van der Waals surface area contributed by atoms with Crippen molar-refractivity contribution in [3.8, 4) is 0 Å². The van der Waals surface area contributed by atoms with Gasteiger partial charge in [-0.3, -0.25) is 9.79 Å². The van der Waals surface area contributed by atoms with Crippen LogP contribution < -0.4 is 5.32 Å². The Bertz CT molecular complexity index is 1030. The monoisotopic (exact) mass is 406 g/mol. The molecular weight excluding hydrogens is 390 g/mol. The summed E-state index contributed by atoms with van der Waals surface area (Å²) in [6.45, 7) is 2.70. The number of halogens is 2. The van der Waals surface area contributed by atoms with E-state index in [1.807, 2.05) is 6.92 Å². The lowest BCUT2D eigenvalue weighted by atomic mass is 10.0. The Balaban J connectivity index is 1.71. The first kappa shape index (κ1) is 17.2. The van der Waals surface area contributed by atoms with Crippen molar-refractivity contribution in [2.24, 2.45) is 9.98 Å². The zero-order valence-corrected chi connectivity index (χ0v) is 16.1. The molecule has 0 spiro atoms. The van der Waals surface area contributed by atoms with Gasteiger partial charge < -0.3 is 5.32 Å². The summed E-state index contributed by atoms with van der Waals surface area (Å²) in [5.41, 5.74) is 2.04. The normalized spacial score (nSPS) is 23.0. The van der Waals surface area contributed by atoms with Crippen molar-refractivity contribution in [2.45, 2.75) is 43.8 Å². The van der Waals surface area contributed by atoms with Crippen molar-refractivity contribution in [3.05, 3.63) is 22.2 Å². The number of nitrogens with zero attached hydrogens (tertiary/aromatic N) is 3. The van der Waals surface area contributed by atoms with Crippen LogP contribution in [-0.4, -0.2) is 33.6 Å². The summed E-state index contributed by atoms with van der Waals surface area (Å²) >= 11 is 2.68. The van der Waals surface area contributed by atoms with Crippen LogP contribution in [-0.2, 0) is 4.79 Å². The number of nitrogens with one attached hydrogen (secondary N) is 1. The Morgan fingerprint density at radius 3 is 2.93 bits per heavy atom. The molecular formula is C18H16F2N4OS2. The summed E-state index contributed by atoms with van der Waals surface area (Å²) in [5.74, 6) is 0.134. The van der Waals surface area contributed by atoms with Gasteiger partial charge in [0.2, 0.25) is 5.91 Å². The third-order valence-electron chi connectivity index (χ3n) is 4.83. The fourth-order valence-electron chi connectivity index (χ4n) is 3.44. The Morgan fingerprint density at radius 1 is 1.41 bits per heavy atom. The second-order valence-corrected chi connectivity index (χ2v) is 8.92. The molecule has 1 unspecified atom stereocenters. The molecule has 0 radical (unpaired) electrons. The molecule has 9 heteroatoms. The quantitative estimate of drug-likeness (QED) is 0.798. The van der Waals surface area contributed by atoms with Crippen molar-refractivity contribution < 1.29 is 13.6 Å². The first-order chi connectivity index (χ1) is 13.1.